The first kappa shape index (κ1) is 24.1. The first-order valence-corrected chi connectivity index (χ1v) is 11.5. The van der Waals surface area contributed by atoms with E-state index in [1.807, 2.05) is 45.0 Å². The number of para-hydroxylation sites is 1. The molecule has 0 fully saturated rings. The number of carbonyl (C=O) groups is 2. The van der Waals surface area contributed by atoms with Crippen molar-refractivity contribution in [1.29, 1.82) is 0 Å². The van der Waals surface area contributed by atoms with Crippen molar-refractivity contribution in [3.63, 3.8) is 0 Å². The highest BCUT2D eigenvalue weighted by Gasteiger charge is 2.44. The smallest absolute Gasteiger partial charge is 0.336 e. The van der Waals surface area contributed by atoms with Gasteiger partial charge >= 0.3 is 5.97 Å². The average molecular weight is 442 g/mol. The maximum Gasteiger partial charge on any atom is 0.336 e. The molecule has 0 radical (unpaired) electrons. The van der Waals surface area contributed by atoms with Crippen molar-refractivity contribution in [1.82, 2.24) is 5.32 Å². The van der Waals surface area contributed by atoms with Crippen LogP contribution in [0, 0.1) is 5.41 Å². The molecule has 1 aromatic carbocycles. The summed E-state index contributed by atoms with van der Waals surface area (Å²) in [6, 6.07) is 7.67. The van der Waals surface area contributed by atoms with E-state index < -0.39 is 11.9 Å². The zero-order valence-corrected chi connectivity index (χ0v) is 19.9. The van der Waals surface area contributed by atoms with Crippen LogP contribution in [-0.4, -0.2) is 38.2 Å². The highest BCUT2D eigenvalue weighted by molar-refractivity contribution is 6.04. The van der Waals surface area contributed by atoms with Crippen molar-refractivity contribution >= 4 is 11.8 Å². The van der Waals surface area contributed by atoms with Crippen LogP contribution >= 0.6 is 0 Å². The molecule has 1 heterocycles. The molecular weight excluding hydrogens is 406 g/mol. The minimum atomic E-state index is -0.525. The fourth-order valence-electron chi connectivity index (χ4n) is 4.50. The highest BCUT2D eigenvalue weighted by atomic mass is 16.6. The lowest BCUT2D eigenvalue weighted by Gasteiger charge is -2.39. The normalized spacial score (nSPS) is 20.0. The predicted octanol–water partition coefficient (Wildman–Crippen LogP) is 4.66. The van der Waals surface area contributed by atoms with E-state index in [1.54, 1.807) is 0 Å². The van der Waals surface area contributed by atoms with Crippen molar-refractivity contribution in [2.75, 3.05) is 26.4 Å². The SMILES string of the molecule is CCCOc1ccccc1C1C(C(=O)OCCOCC)=C(C)NC2=C1C(=O)CC(C)(C)C2. The van der Waals surface area contributed by atoms with Gasteiger partial charge in [-0.1, -0.05) is 39.0 Å². The number of Topliss-reactive ketones (excluding diaryl/α,β-unsaturated/α-hetero) is 1. The van der Waals surface area contributed by atoms with Crippen molar-refractivity contribution in [3.05, 3.63) is 52.4 Å². The van der Waals surface area contributed by atoms with Gasteiger partial charge in [-0.2, -0.15) is 0 Å². The Bertz CT molecular complexity index is 928. The van der Waals surface area contributed by atoms with E-state index in [0.717, 1.165) is 24.1 Å². The van der Waals surface area contributed by atoms with E-state index >= 15 is 0 Å². The Morgan fingerprint density at radius 2 is 1.88 bits per heavy atom. The van der Waals surface area contributed by atoms with Gasteiger partial charge in [0.2, 0.25) is 0 Å². The Hall–Kier alpha value is -2.60. The van der Waals surface area contributed by atoms with Crippen LogP contribution in [0.1, 0.15) is 65.4 Å². The van der Waals surface area contributed by atoms with E-state index in [4.69, 9.17) is 14.2 Å². The number of allylic oxidation sites excluding steroid dienone is 3. The van der Waals surface area contributed by atoms with E-state index in [9.17, 15) is 9.59 Å². The number of hydrogen-bond donors (Lipinski definition) is 1. The number of nitrogens with one attached hydrogen (secondary N) is 1. The average Bonchev–Trinajstić information content (AvgIpc) is 2.73. The van der Waals surface area contributed by atoms with Crippen molar-refractivity contribution in [2.24, 2.45) is 5.41 Å². The Balaban J connectivity index is 2.07. The van der Waals surface area contributed by atoms with E-state index in [0.29, 0.717) is 48.8 Å². The van der Waals surface area contributed by atoms with Gasteiger partial charge in [0.05, 0.1) is 24.7 Å². The molecule has 1 unspecified atom stereocenters. The molecule has 0 spiro atoms. The molecular formula is C26H35NO5. The highest BCUT2D eigenvalue weighted by Crippen LogP contribution is 2.48. The summed E-state index contributed by atoms with van der Waals surface area (Å²) in [5.74, 6) is -0.207. The molecule has 2 aliphatic rings. The summed E-state index contributed by atoms with van der Waals surface area (Å²) in [5, 5.41) is 3.36. The molecule has 1 N–H and O–H groups in total. The summed E-state index contributed by atoms with van der Waals surface area (Å²) >= 11 is 0. The molecule has 1 aliphatic heterocycles. The number of esters is 1. The van der Waals surface area contributed by atoms with Gasteiger partial charge in [-0.05, 0) is 38.2 Å². The Labute approximate surface area is 191 Å². The van der Waals surface area contributed by atoms with Crippen LogP contribution in [-0.2, 0) is 19.1 Å². The van der Waals surface area contributed by atoms with E-state index in [1.165, 1.54) is 0 Å². The number of rotatable bonds is 9. The van der Waals surface area contributed by atoms with Crippen LogP contribution in [0.3, 0.4) is 0 Å². The fourth-order valence-corrected chi connectivity index (χ4v) is 4.50. The summed E-state index contributed by atoms with van der Waals surface area (Å²) in [7, 11) is 0. The Kier molecular flexibility index (Phi) is 7.77. The molecule has 1 atom stereocenters. The number of ether oxygens (including phenoxy) is 3. The van der Waals surface area contributed by atoms with Crippen LogP contribution in [0.4, 0.5) is 0 Å². The summed E-state index contributed by atoms with van der Waals surface area (Å²) in [6.45, 7) is 11.6. The van der Waals surface area contributed by atoms with Gasteiger partial charge in [-0.3, -0.25) is 4.79 Å². The molecule has 6 nitrogen and oxygen atoms in total. The molecule has 0 aromatic heterocycles. The number of carbonyl (C=O) groups excluding carboxylic acids is 2. The summed E-state index contributed by atoms with van der Waals surface area (Å²) in [5.41, 5.74) is 3.40. The molecule has 174 valence electrons. The number of hydrogen-bond acceptors (Lipinski definition) is 6. The van der Waals surface area contributed by atoms with Crippen LogP contribution in [0.5, 0.6) is 5.75 Å². The van der Waals surface area contributed by atoms with Crippen LogP contribution < -0.4 is 10.1 Å². The third kappa shape index (κ3) is 5.23. The number of dihydropyridines is 1. The molecule has 1 aliphatic carbocycles. The first-order valence-electron chi connectivity index (χ1n) is 11.5. The second-order valence-electron chi connectivity index (χ2n) is 9.15. The maximum absolute atomic E-state index is 13.4. The van der Waals surface area contributed by atoms with E-state index in [-0.39, 0.29) is 17.8 Å². The van der Waals surface area contributed by atoms with Gasteiger partial charge in [0, 0.05) is 35.6 Å². The number of ketones is 1. The largest absolute Gasteiger partial charge is 0.493 e. The first-order chi connectivity index (χ1) is 15.3. The summed E-state index contributed by atoms with van der Waals surface area (Å²) < 4.78 is 16.9. The Morgan fingerprint density at radius 3 is 2.59 bits per heavy atom. The lowest BCUT2D eigenvalue weighted by atomic mass is 9.68. The van der Waals surface area contributed by atoms with Gasteiger partial charge < -0.3 is 19.5 Å². The van der Waals surface area contributed by atoms with Crippen LogP contribution in [0.15, 0.2) is 46.8 Å². The zero-order valence-electron chi connectivity index (χ0n) is 19.9. The third-order valence-corrected chi connectivity index (χ3v) is 5.82. The van der Waals surface area contributed by atoms with Crippen LogP contribution in [0.2, 0.25) is 0 Å². The maximum atomic E-state index is 13.4. The van der Waals surface area contributed by atoms with Gasteiger partial charge in [0.25, 0.3) is 0 Å². The predicted molar refractivity (Wildman–Crippen MR) is 123 cm³/mol. The second-order valence-corrected chi connectivity index (χ2v) is 9.15. The molecule has 1 aromatic rings. The van der Waals surface area contributed by atoms with Crippen molar-refractivity contribution < 1.29 is 23.8 Å². The summed E-state index contributed by atoms with van der Waals surface area (Å²) in [4.78, 5) is 26.6. The van der Waals surface area contributed by atoms with Gasteiger partial charge in [-0.25, -0.2) is 4.79 Å². The molecule has 0 saturated heterocycles. The van der Waals surface area contributed by atoms with Crippen molar-refractivity contribution in [3.8, 4) is 5.75 Å². The monoisotopic (exact) mass is 441 g/mol. The van der Waals surface area contributed by atoms with E-state index in [2.05, 4.69) is 19.2 Å². The minimum Gasteiger partial charge on any atom is -0.493 e. The molecule has 0 amide bonds. The third-order valence-electron chi connectivity index (χ3n) is 5.82. The van der Waals surface area contributed by atoms with Crippen molar-refractivity contribution in [2.45, 2.75) is 59.8 Å². The molecule has 32 heavy (non-hydrogen) atoms. The van der Waals surface area contributed by atoms with Gasteiger partial charge in [-0.15, -0.1) is 0 Å². The van der Waals surface area contributed by atoms with Gasteiger partial charge in [0.1, 0.15) is 12.4 Å². The topological polar surface area (TPSA) is 73.9 Å². The second kappa shape index (κ2) is 10.3. The summed E-state index contributed by atoms with van der Waals surface area (Å²) in [6.07, 6.45) is 2.04. The van der Waals surface area contributed by atoms with Crippen LogP contribution in [0.25, 0.3) is 0 Å². The fraction of sp³-hybridized carbons (Fsp3) is 0.538. The zero-order chi connectivity index (χ0) is 23.3. The number of benzene rings is 1. The molecule has 3 rings (SSSR count). The lowest BCUT2D eigenvalue weighted by molar-refractivity contribution is -0.140. The Morgan fingerprint density at radius 1 is 1.12 bits per heavy atom. The van der Waals surface area contributed by atoms with Gasteiger partial charge in [0.15, 0.2) is 5.78 Å². The standard InChI is InChI=1S/C26H35NO5/c1-6-12-31-21-11-9-8-10-18(21)23-22(25(29)32-14-13-30-7-2)17(3)27-19-15-26(4,5)16-20(28)24(19)23/h8-11,23,27H,6-7,12-16H2,1-5H3. The lowest BCUT2D eigenvalue weighted by Crippen LogP contribution is -2.39. The minimum absolute atomic E-state index is 0.0613. The molecule has 0 bridgehead atoms. The molecule has 0 saturated carbocycles. The quantitative estimate of drug-likeness (QED) is 0.444. The molecule has 6 heteroatoms.